The van der Waals surface area contributed by atoms with E-state index in [1.807, 2.05) is 4.90 Å². The number of aliphatic hydroxyl groups excluding tert-OH is 1. The van der Waals surface area contributed by atoms with Gasteiger partial charge in [0.25, 0.3) is 11.1 Å². The maximum Gasteiger partial charge on any atom is 0.414 e. The third-order valence-corrected chi connectivity index (χ3v) is 6.11. The minimum atomic E-state index is -0.605. The van der Waals surface area contributed by atoms with Crippen LogP contribution in [0.5, 0.6) is 0 Å². The number of aromatic nitrogens is 1. The number of nitrogens with two attached hydrogens (primary N) is 1. The highest BCUT2D eigenvalue weighted by Gasteiger charge is 2.33. The Labute approximate surface area is 217 Å². The lowest BCUT2D eigenvalue weighted by atomic mass is 10.1. The van der Waals surface area contributed by atoms with Crippen LogP contribution in [0.3, 0.4) is 0 Å². The van der Waals surface area contributed by atoms with Crippen LogP contribution in [0.15, 0.2) is 41.7 Å². The summed E-state index contributed by atoms with van der Waals surface area (Å²) in [6.07, 6.45) is 0.294. The molecule has 4 N–H and O–H groups in total. The third-order valence-electron chi connectivity index (χ3n) is 5.97. The first-order valence-electron chi connectivity index (χ1n) is 11.4. The van der Waals surface area contributed by atoms with Crippen molar-refractivity contribution in [3.63, 3.8) is 0 Å². The molecule has 0 aliphatic carbocycles. The predicted molar refractivity (Wildman–Crippen MR) is 137 cm³/mol. The van der Waals surface area contributed by atoms with Crippen LogP contribution in [0, 0.1) is 5.82 Å². The average Bonchev–Trinajstić information content (AvgIpc) is 3.27. The van der Waals surface area contributed by atoms with E-state index < -0.39 is 18.0 Å². The monoisotopic (exact) mass is 531 g/mol. The predicted octanol–water partition coefficient (Wildman–Crippen LogP) is 1.21. The molecule has 2 aliphatic heterocycles. The molecule has 0 unspecified atom stereocenters. The van der Waals surface area contributed by atoms with E-state index in [9.17, 15) is 9.59 Å². The normalized spacial score (nSPS) is 18.0. The van der Waals surface area contributed by atoms with Crippen LogP contribution < -0.4 is 20.9 Å². The average molecular weight is 532 g/mol. The molecule has 3 heterocycles. The van der Waals surface area contributed by atoms with Gasteiger partial charge in [-0.3, -0.25) is 14.7 Å². The van der Waals surface area contributed by atoms with Gasteiger partial charge >= 0.3 is 6.09 Å². The first-order chi connectivity index (χ1) is 17.8. The first-order valence-corrected chi connectivity index (χ1v) is 11.8. The van der Waals surface area contributed by atoms with Gasteiger partial charge in [0.05, 0.1) is 30.0 Å². The van der Waals surface area contributed by atoms with Crippen LogP contribution in [-0.2, 0) is 9.57 Å². The van der Waals surface area contributed by atoms with Gasteiger partial charge in [0, 0.05) is 32.4 Å². The van der Waals surface area contributed by atoms with Crippen molar-refractivity contribution in [3.05, 3.63) is 53.6 Å². The van der Waals surface area contributed by atoms with Crippen LogP contribution in [-0.4, -0.2) is 90.5 Å². The van der Waals surface area contributed by atoms with Crippen molar-refractivity contribution in [3.8, 4) is 0 Å². The molecular weight excluding hydrogens is 505 g/mol. The Morgan fingerprint density at radius 3 is 2.70 bits per heavy atom. The van der Waals surface area contributed by atoms with E-state index >= 15 is 4.39 Å². The van der Waals surface area contributed by atoms with Gasteiger partial charge in [0.15, 0.2) is 5.84 Å². The second-order valence-corrected chi connectivity index (χ2v) is 8.70. The highest BCUT2D eigenvalue weighted by atomic mass is 32.1. The SMILES string of the molecule is CO/N=C(/N)c1ccc(C(=O)N2CCN(c3ccc(N4C[C@H](CNC(O)=S)OC4=O)cc3F)CC2)cn1. The van der Waals surface area contributed by atoms with E-state index in [1.54, 1.807) is 29.2 Å². The van der Waals surface area contributed by atoms with E-state index in [2.05, 4.69) is 32.5 Å². The number of hydrogen-bond donors (Lipinski definition) is 3. The number of oxime groups is 1. The molecule has 2 fully saturated rings. The van der Waals surface area contributed by atoms with Gasteiger partial charge in [-0.1, -0.05) is 5.16 Å². The number of cyclic esters (lactones) is 1. The number of thiocarbonyl (C=S) groups is 1. The van der Waals surface area contributed by atoms with Crippen LogP contribution in [0.2, 0.25) is 0 Å². The third kappa shape index (κ3) is 5.97. The van der Waals surface area contributed by atoms with Gasteiger partial charge in [0.1, 0.15) is 24.7 Å². The molecule has 0 bridgehead atoms. The summed E-state index contributed by atoms with van der Waals surface area (Å²) >= 11 is 4.54. The molecule has 12 nitrogen and oxygen atoms in total. The Morgan fingerprint density at radius 1 is 1.32 bits per heavy atom. The molecule has 1 aromatic heterocycles. The number of ether oxygens (including phenoxy) is 1. The highest BCUT2D eigenvalue weighted by molar-refractivity contribution is 7.79. The van der Waals surface area contributed by atoms with Crippen molar-refractivity contribution < 1.29 is 28.7 Å². The van der Waals surface area contributed by atoms with E-state index in [0.717, 1.165) is 0 Å². The number of nitrogens with one attached hydrogen (secondary N) is 1. The highest BCUT2D eigenvalue weighted by Crippen LogP contribution is 2.28. The Balaban J connectivity index is 1.35. The molecule has 1 atom stereocenters. The van der Waals surface area contributed by atoms with Crippen molar-refractivity contribution in [1.29, 1.82) is 0 Å². The number of halogens is 1. The molecule has 2 aromatic rings. The Kier molecular flexibility index (Phi) is 7.86. The molecule has 0 radical (unpaired) electrons. The van der Waals surface area contributed by atoms with E-state index in [4.69, 9.17) is 15.6 Å². The number of benzene rings is 1. The Morgan fingerprint density at radius 2 is 2.08 bits per heavy atom. The molecule has 1 aromatic carbocycles. The summed E-state index contributed by atoms with van der Waals surface area (Å²) in [7, 11) is 1.37. The number of carbonyl (C=O) groups excluding carboxylic acids is 2. The van der Waals surface area contributed by atoms with Crippen LogP contribution >= 0.6 is 12.2 Å². The van der Waals surface area contributed by atoms with E-state index in [-0.39, 0.29) is 30.0 Å². The second kappa shape index (κ2) is 11.2. The van der Waals surface area contributed by atoms with E-state index in [1.165, 1.54) is 24.3 Å². The molecule has 2 amide bonds. The lowest BCUT2D eigenvalue weighted by molar-refractivity contribution is 0.0746. The molecule has 2 saturated heterocycles. The van der Waals surface area contributed by atoms with Crippen molar-refractivity contribution in [2.75, 3.05) is 56.2 Å². The van der Waals surface area contributed by atoms with Gasteiger partial charge in [0.2, 0.25) is 0 Å². The molecule has 0 saturated carbocycles. The first kappa shape index (κ1) is 25.9. The van der Waals surface area contributed by atoms with Crippen LogP contribution in [0.1, 0.15) is 16.1 Å². The lowest BCUT2D eigenvalue weighted by Gasteiger charge is -2.36. The minimum absolute atomic E-state index is 0.105. The second-order valence-electron chi connectivity index (χ2n) is 8.31. The van der Waals surface area contributed by atoms with Crippen molar-refractivity contribution in [1.82, 2.24) is 15.2 Å². The van der Waals surface area contributed by atoms with Crippen LogP contribution in [0.4, 0.5) is 20.6 Å². The summed E-state index contributed by atoms with van der Waals surface area (Å²) in [6.45, 7) is 2.00. The quantitative estimate of drug-likeness (QED) is 0.206. The smallest absolute Gasteiger partial charge is 0.414 e. The van der Waals surface area contributed by atoms with Gasteiger partial charge in [-0.2, -0.15) is 0 Å². The van der Waals surface area contributed by atoms with Gasteiger partial charge in [-0.25, -0.2) is 9.18 Å². The zero-order chi connectivity index (χ0) is 26.5. The number of nitrogens with zero attached hydrogens (tertiary/aromatic N) is 5. The summed E-state index contributed by atoms with van der Waals surface area (Å²) in [5, 5.41) is 14.8. The number of piperazine rings is 1. The topological polar surface area (TPSA) is 146 Å². The number of hydrogen-bond acceptors (Lipinski definition) is 8. The fourth-order valence-corrected chi connectivity index (χ4v) is 4.19. The molecule has 2 aliphatic rings. The molecular formula is C23H26FN7O5S. The summed E-state index contributed by atoms with van der Waals surface area (Å²) in [6, 6.07) is 7.75. The van der Waals surface area contributed by atoms with E-state index in [0.29, 0.717) is 48.8 Å². The minimum Gasteiger partial charge on any atom is -0.487 e. The van der Waals surface area contributed by atoms with Gasteiger partial charge in [-0.15, -0.1) is 0 Å². The molecule has 196 valence electrons. The summed E-state index contributed by atoms with van der Waals surface area (Å²) in [5.41, 5.74) is 7.27. The summed E-state index contributed by atoms with van der Waals surface area (Å²) in [5.74, 6) is -0.568. The van der Waals surface area contributed by atoms with Crippen molar-refractivity contribution >= 4 is 46.6 Å². The Bertz CT molecular complexity index is 1200. The summed E-state index contributed by atoms with van der Waals surface area (Å²) in [4.78, 5) is 38.7. The number of rotatable bonds is 7. The molecule has 0 spiro atoms. The number of pyridine rings is 1. The number of anilines is 2. The standard InChI is InChI=1S/C23H26FN7O5S/c1-35-28-20(25)18-4-2-14(11-26-18)21(32)30-8-6-29(7-9-30)19-5-3-15(10-17(19)24)31-13-16(36-23(31)34)12-27-22(33)37/h2-5,10-11,16H,6-9,12-13H2,1H3,(H2,25,28)(H2,27,33,37)/t16-/m0/s1. The van der Waals surface area contributed by atoms with Gasteiger partial charge < -0.3 is 35.5 Å². The largest absolute Gasteiger partial charge is 0.487 e. The summed E-state index contributed by atoms with van der Waals surface area (Å²) < 4.78 is 20.3. The molecule has 37 heavy (non-hydrogen) atoms. The fraction of sp³-hybridized carbons (Fsp3) is 0.348. The maximum absolute atomic E-state index is 15.0. The number of amides is 2. The Hall–Kier alpha value is -4.20. The number of aliphatic hydroxyl groups is 1. The lowest BCUT2D eigenvalue weighted by Crippen LogP contribution is -2.49. The maximum atomic E-state index is 15.0. The van der Waals surface area contributed by atoms with Gasteiger partial charge in [-0.05, 0) is 42.5 Å². The number of amidine groups is 1. The molecule has 4 rings (SSSR count). The number of carbonyl (C=O) groups is 2. The molecule has 14 heteroatoms. The van der Waals surface area contributed by atoms with Crippen molar-refractivity contribution in [2.45, 2.75) is 6.10 Å². The van der Waals surface area contributed by atoms with Crippen molar-refractivity contribution in [2.24, 2.45) is 10.9 Å². The zero-order valence-electron chi connectivity index (χ0n) is 20.0. The van der Waals surface area contributed by atoms with Crippen LogP contribution in [0.25, 0.3) is 0 Å². The fourth-order valence-electron chi connectivity index (χ4n) is 4.11. The zero-order valence-corrected chi connectivity index (χ0v) is 20.8.